The third-order valence-corrected chi connectivity index (χ3v) is 3.18. The van der Waals surface area contributed by atoms with Gasteiger partial charge in [0.25, 0.3) is 0 Å². The predicted molar refractivity (Wildman–Crippen MR) is 76.2 cm³/mol. The second-order valence-corrected chi connectivity index (χ2v) is 4.84. The van der Waals surface area contributed by atoms with Crippen molar-refractivity contribution in [2.45, 2.75) is 33.9 Å². The van der Waals surface area contributed by atoms with Crippen LogP contribution in [0.1, 0.15) is 23.9 Å². The van der Waals surface area contributed by atoms with Gasteiger partial charge in [-0.2, -0.15) is 5.10 Å². The van der Waals surface area contributed by atoms with Crippen molar-refractivity contribution in [3.63, 3.8) is 0 Å². The number of benzene rings is 1. The van der Waals surface area contributed by atoms with Crippen molar-refractivity contribution in [2.24, 2.45) is 0 Å². The number of aryl methyl sites for hydroxylation is 3. The molecule has 0 aliphatic heterocycles. The molecule has 0 aliphatic rings. The molecule has 0 amide bonds. The number of nitrogens with one attached hydrogen (secondary N) is 1. The molecule has 4 heteroatoms. The van der Waals surface area contributed by atoms with Crippen molar-refractivity contribution < 1.29 is 0 Å². The number of aromatic nitrogens is 2. The summed E-state index contributed by atoms with van der Waals surface area (Å²) in [6.07, 6.45) is 0. The van der Waals surface area contributed by atoms with Crippen molar-refractivity contribution in [2.75, 3.05) is 5.32 Å². The van der Waals surface area contributed by atoms with E-state index < -0.39 is 0 Å². The molecule has 0 bridgehead atoms. The lowest BCUT2D eigenvalue weighted by atomic mass is 10.2. The fourth-order valence-electron chi connectivity index (χ4n) is 1.96. The van der Waals surface area contributed by atoms with Crippen molar-refractivity contribution in [3.05, 3.63) is 46.2 Å². The molecule has 0 aliphatic carbocycles. The SMILES string of the molecule is CCn1nc(C)cc1CNc1ccc(C)cc1Cl. The molecule has 0 unspecified atom stereocenters. The van der Waals surface area contributed by atoms with Gasteiger partial charge in [-0.1, -0.05) is 17.7 Å². The first-order valence-corrected chi connectivity index (χ1v) is 6.51. The largest absolute Gasteiger partial charge is 0.378 e. The van der Waals surface area contributed by atoms with Gasteiger partial charge < -0.3 is 5.32 Å². The highest BCUT2D eigenvalue weighted by Gasteiger charge is 2.05. The molecule has 1 heterocycles. The van der Waals surface area contributed by atoms with Gasteiger partial charge in [0.15, 0.2) is 0 Å². The van der Waals surface area contributed by atoms with E-state index in [4.69, 9.17) is 11.6 Å². The Labute approximate surface area is 113 Å². The maximum absolute atomic E-state index is 6.19. The zero-order valence-corrected chi connectivity index (χ0v) is 11.8. The van der Waals surface area contributed by atoms with Gasteiger partial charge in [-0.3, -0.25) is 4.68 Å². The minimum Gasteiger partial charge on any atom is -0.378 e. The summed E-state index contributed by atoms with van der Waals surface area (Å²) >= 11 is 6.19. The molecular formula is C14H18ClN3. The molecule has 1 aromatic carbocycles. The predicted octanol–water partition coefficient (Wildman–Crippen LogP) is 3.79. The average Bonchev–Trinajstić information content (AvgIpc) is 2.68. The van der Waals surface area contributed by atoms with Gasteiger partial charge in [0.05, 0.1) is 28.6 Å². The molecular weight excluding hydrogens is 246 g/mol. The lowest BCUT2D eigenvalue weighted by Crippen LogP contribution is -2.08. The first-order valence-electron chi connectivity index (χ1n) is 6.13. The summed E-state index contributed by atoms with van der Waals surface area (Å²) < 4.78 is 2.00. The highest BCUT2D eigenvalue weighted by molar-refractivity contribution is 6.33. The Morgan fingerprint density at radius 2 is 2.06 bits per heavy atom. The molecule has 1 aromatic heterocycles. The molecule has 96 valence electrons. The van der Waals surface area contributed by atoms with E-state index in [9.17, 15) is 0 Å². The molecule has 0 radical (unpaired) electrons. The summed E-state index contributed by atoms with van der Waals surface area (Å²) in [6.45, 7) is 7.75. The molecule has 2 rings (SSSR count). The summed E-state index contributed by atoms with van der Waals surface area (Å²) in [6, 6.07) is 8.12. The number of rotatable bonds is 4. The average molecular weight is 264 g/mol. The van der Waals surface area contributed by atoms with Crippen molar-refractivity contribution >= 4 is 17.3 Å². The maximum Gasteiger partial charge on any atom is 0.0640 e. The number of halogens is 1. The van der Waals surface area contributed by atoms with Crippen LogP contribution in [0.5, 0.6) is 0 Å². The van der Waals surface area contributed by atoms with E-state index in [0.29, 0.717) is 0 Å². The van der Waals surface area contributed by atoms with Crippen LogP contribution in [0.3, 0.4) is 0 Å². The van der Waals surface area contributed by atoms with Gasteiger partial charge in [0.2, 0.25) is 0 Å². The van der Waals surface area contributed by atoms with E-state index in [1.165, 1.54) is 11.3 Å². The Kier molecular flexibility index (Phi) is 3.92. The number of hydrogen-bond acceptors (Lipinski definition) is 2. The van der Waals surface area contributed by atoms with Crippen molar-refractivity contribution in [1.82, 2.24) is 9.78 Å². The Balaban J connectivity index is 2.11. The quantitative estimate of drug-likeness (QED) is 0.910. The second-order valence-electron chi connectivity index (χ2n) is 4.43. The van der Waals surface area contributed by atoms with Gasteiger partial charge in [0, 0.05) is 6.54 Å². The zero-order valence-electron chi connectivity index (χ0n) is 11.0. The van der Waals surface area contributed by atoms with Crippen LogP contribution in [0.2, 0.25) is 5.02 Å². The molecule has 0 fully saturated rings. The summed E-state index contributed by atoms with van der Waals surface area (Å²) in [4.78, 5) is 0. The summed E-state index contributed by atoms with van der Waals surface area (Å²) in [5.41, 5.74) is 4.35. The topological polar surface area (TPSA) is 29.9 Å². The lowest BCUT2D eigenvalue weighted by molar-refractivity contribution is 0.623. The molecule has 0 spiro atoms. The Hall–Kier alpha value is -1.48. The molecule has 3 nitrogen and oxygen atoms in total. The normalized spacial score (nSPS) is 10.7. The molecule has 1 N–H and O–H groups in total. The fourth-order valence-corrected chi connectivity index (χ4v) is 2.27. The number of nitrogens with zero attached hydrogens (tertiary/aromatic N) is 2. The van der Waals surface area contributed by atoms with Gasteiger partial charge in [-0.05, 0) is 44.5 Å². The fraction of sp³-hybridized carbons (Fsp3) is 0.357. The van der Waals surface area contributed by atoms with Gasteiger partial charge in [0.1, 0.15) is 0 Å². The summed E-state index contributed by atoms with van der Waals surface area (Å²) in [7, 11) is 0. The van der Waals surface area contributed by atoms with Crippen molar-refractivity contribution in [3.8, 4) is 0 Å². The Morgan fingerprint density at radius 3 is 2.72 bits per heavy atom. The third kappa shape index (κ3) is 2.85. The van der Waals surface area contributed by atoms with E-state index in [1.54, 1.807) is 0 Å². The van der Waals surface area contributed by atoms with Gasteiger partial charge in [-0.25, -0.2) is 0 Å². The maximum atomic E-state index is 6.19. The summed E-state index contributed by atoms with van der Waals surface area (Å²) in [5.74, 6) is 0. The lowest BCUT2D eigenvalue weighted by Gasteiger charge is -2.10. The number of anilines is 1. The Morgan fingerprint density at radius 1 is 1.28 bits per heavy atom. The van der Waals surface area contributed by atoms with Crippen LogP contribution < -0.4 is 5.32 Å². The molecule has 18 heavy (non-hydrogen) atoms. The van der Waals surface area contributed by atoms with Crippen LogP contribution in [0.15, 0.2) is 24.3 Å². The van der Waals surface area contributed by atoms with Crippen LogP contribution in [0.4, 0.5) is 5.69 Å². The minimum absolute atomic E-state index is 0.734. The van der Waals surface area contributed by atoms with Crippen molar-refractivity contribution in [1.29, 1.82) is 0 Å². The smallest absolute Gasteiger partial charge is 0.0640 e. The van der Waals surface area contributed by atoms with Crippen LogP contribution in [0, 0.1) is 13.8 Å². The highest BCUT2D eigenvalue weighted by Crippen LogP contribution is 2.23. The standard InChI is InChI=1S/C14H18ClN3/c1-4-18-12(8-11(3)17-18)9-16-14-6-5-10(2)7-13(14)15/h5-8,16H,4,9H2,1-3H3. The van der Waals surface area contributed by atoms with E-state index in [0.717, 1.165) is 29.5 Å². The van der Waals surface area contributed by atoms with Gasteiger partial charge >= 0.3 is 0 Å². The molecule has 2 aromatic rings. The second kappa shape index (κ2) is 5.44. The van der Waals surface area contributed by atoms with E-state index in [2.05, 4.69) is 29.5 Å². The van der Waals surface area contributed by atoms with Crippen LogP contribution >= 0.6 is 11.6 Å². The first kappa shape index (κ1) is 13.0. The molecule has 0 atom stereocenters. The summed E-state index contributed by atoms with van der Waals surface area (Å²) in [5, 5.41) is 8.53. The van der Waals surface area contributed by atoms with E-state index >= 15 is 0 Å². The molecule has 0 saturated heterocycles. The van der Waals surface area contributed by atoms with E-state index in [-0.39, 0.29) is 0 Å². The minimum atomic E-state index is 0.734. The third-order valence-electron chi connectivity index (χ3n) is 2.87. The van der Waals surface area contributed by atoms with Crippen LogP contribution in [0.25, 0.3) is 0 Å². The first-order chi connectivity index (χ1) is 8.60. The zero-order chi connectivity index (χ0) is 13.1. The number of hydrogen-bond donors (Lipinski definition) is 1. The van der Waals surface area contributed by atoms with Crippen LogP contribution in [-0.2, 0) is 13.1 Å². The highest BCUT2D eigenvalue weighted by atomic mass is 35.5. The van der Waals surface area contributed by atoms with E-state index in [1.807, 2.05) is 30.7 Å². The Bertz CT molecular complexity index is 546. The molecule has 0 saturated carbocycles. The van der Waals surface area contributed by atoms with Crippen LogP contribution in [-0.4, -0.2) is 9.78 Å². The van der Waals surface area contributed by atoms with Gasteiger partial charge in [-0.15, -0.1) is 0 Å². The monoisotopic (exact) mass is 263 g/mol.